The van der Waals surface area contributed by atoms with Gasteiger partial charge in [0, 0.05) is 35.8 Å². The zero-order chi connectivity index (χ0) is 22.1. The molecule has 2 N–H and O–H groups in total. The number of aryl methyl sites for hydroxylation is 3. The lowest BCUT2D eigenvalue weighted by Crippen LogP contribution is -2.28. The minimum absolute atomic E-state index is 0.0459. The summed E-state index contributed by atoms with van der Waals surface area (Å²) >= 11 is 0. The Morgan fingerprint density at radius 2 is 1.90 bits per heavy atom. The Hall–Kier alpha value is -3.41. The first-order chi connectivity index (χ1) is 14.9. The van der Waals surface area contributed by atoms with Crippen molar-refractivity contribution < 1.29 is 9.59 Å². The minimum atomic E-state index is -0.421. The number of nitrogens with zero attached hydrogens (tertiary/aromatic N) is 1. The van der Waals surface area contributed by atoms with Gasteiger partial charge in [-0.2, -0.15) is 0 Å². The topological polar surface area (TPSA) is 82.3 Å². The second-order valence-electron chi connectivity index (χ2n) is 8.33. The number of fused-ring (bicyclic) bond motifs is 1. The van der Waals surface area contributed by atoms with E-state index < -0.39 is 5.92 Å². The molecule has 1 aliphatic heterocycles. The Kier molecular flexibility index (Phi) is 5.63. The van der Waals surface area contributed by atoms with Gasteiger partial charge in [0.05, 0.1) is 11.4 Å². The molecule has 1 atom stereocenters. The molecule has 0 spiro atoms. The molecule has 1 unspecified atom stereocenters. The Bertz CT molecular complexity index is 1230. The predicted molar refractivity (Wildman–Crippen MR) is 124 cm³/mol. The van der Waals surface area contributed by atoms with Crippen molar-refractivity contribution in [3.63, 3.8) is 0 Å². The van der Waals surface area contributed by atoms with Crippen LogP contribution in [0.15, 0.2) is 47.3 Å². The first kappa shape index (κ1) is 20.8. The lowest BCUT2D eigenvalue weighted by Gasteiger charge is -2.18. The van der Waals surface area contributed by atoms with Crippen LogP contribution in [0.3, 0.4) is 0 Å². The van der Waals surface area contributed by atoms with E-state index >= 15 is 0 Å². The molecule has 0 aliphatic carbocycles. The molecule has 0 radical (unpaired) electrons. The van der Waals surface area contributed by atoms with Crippen LogP contribution in [0.25, 0.3) is 10.9 Å². The number of carbonyl (C=O) groups excluding carboxylic acids is 2. The summed E-state index contributed by atoms with van der Waals surface area (Å²) in [7, 11) is 0. The van der Waals surface area contributed by atoms with E-state index in [0.29, 0.717) is 17.7 Å². The van der Waals surface area contributed by atoms with E-state index in [1.54, 1.807) is 17.0 Å². The highest BCUT2D eigenvalue weighted by atomic mass is 16.2. The van der Waals surface area contributed by atoms with E-state index in [9.17, 15) is 14.4 Å². The zero-order valence-electron chi connectivity index (χ0n) is 18.1. The molecular formula is C25H27N3O3. The van der Waals surface area contributed by atoms with E-state index in [4.69, 9.17) is 0 Å². The summed E-state index contributed by atoms with van der Waals surface area (Å²) in [6, 6.07) is 13.1. The number of H-pyrrole nitrogens is 1. The summed E-state index contributed by atoms with van der Waals surface area (Å²) < 4.78 is 0. The van der Waals surface area contributed by atoms with Crippen LogP contribution < -0.4 is 15.8 Å². The summed E-state index contributed by atoms with van der Waals surface area (Å²) in [6.45, 7) is 6.48. The van der Waals surface area contributed by atoms with Gasteiger partial charge in [-0.25, -0.2) is 0 Å². The van der Waals surface area contributed by atoms with Crippen molar-refractivity contribution in [2.45, 2.75) is 40.0 Å². The Labute approximate surface area is 181 Å². The lowest BCUT2D eigenvalue weighted by molar-refractivity contribution is -0.122. The molecule has 1 aromatic heterocycles. The van der Waals surface area contributed by atoms with Crippen molar-refractivity contribution in [2.75, 3.05) is 16.8 Å². The van der Waals surface area contributed by atoms with E-state index in [-0.39, 0.29) is 23.8 Å². The third-order valence-electron chi connectivity index (χ3n) is 6.01. The van der Waals surface area contributed by atoms with Crippen molar-refractivity contribution >= 4 is 34.1 Å². The average Bonchev–Trinajstić information content (AvgIpc) is 3.12. The monoisotopic (exact) mass is 417 g/mol. The van der Waals surface area contributed by atoms with Crippen molar-refractivity contribution in [1.82, 2.24) is 4.98 Å². The average molecular weight is 418 g/mol. The third-order valence-corrected chi connectivity index (χ3v) is 6.01. The second kappa shape index (κ2) is 8.38. The summed E-state index contributed by atoms with van der Waals surface area (Å²) in [5.41, 5.74) is 5.28. The maximum absolute atomic E-state index is 12.9. The molecule has 2 heterocycles. The summed E-state index contributed by atoms with van der Waals surface area (Å²) in [5.74, 6) is -0.656. The fourth-order valence-corrected chi connectivity index (χ4v) is 4.16. The van der Waals surface area contributed by atoms with Gasteiger partial charge in [-0.05, 0) is 61.2 Å². The molecule has 0 saturated carbocycles. The molecular weight excluding hydrogens is 390 g/mol. The Morgan fingerprint density at radius 1 is 1.10 bits per heavy atom. The maximum Gasteiger partial charge on any atom is 0.248 e. The number of benzene rings is 2. The molecule has 160 valence electrons. The standard InChI is InChI=1S/C25H27N3O3/c1-4-5-17-11-23(29)27-22-13-19(7-9-21(17)22)26-25(31)18-12-24(30)28(14-18)20-8-6-15(2)16(3)10-20/h6-11,13,18H,4-5,12,14H2,1-3H3,(H,26,31)(H,27,29). The van der Waals surface area contributed by atoms with Crippen LogP contribution in [0.1, 0.15) is 36.5 Å². The van der Waals surface area contributed by atoms with Crippen LogP contribution in [0.2, 0.25) is 0 Å². The highest BCUT2D eigenvalue weighted by Gasteiger charge is 2.35. The highest BCUT2D eigenvalue weighted by molar-refractivity contribution is 6.04. The maximum atomic E-state index is 12.9. The molecule has 6 nitrogen and oxygen atoms in total. The molecule has 1 saturated heterocycles. The summed E-state index contributed by atoms with van der Waals surface area (Å²) in [5, 5.41) is 3.90. The number of hydrogen-bond donors (Lipinski definition) is 2. The smallest absolute Gasteiger partial charge is 0.248 e. The van der Waals surface area contributed by atoms with E-state index in [1.807, 2.05) is 44.2 Å². The second-order valence-corrected chi connectivity index (χ2v) is 8.33. The van der Waals surface area contributed by atoms with Gasteiger partial charge in [0.2, 0.25) is 17.4 Å². The predicted octanol–water partition coefficient (Wildman–Crippen LogP) is 4.09. The van der Waals surface area contributed by atoms with Gasteiger partial charge in [-0.3, -0.25) is 14.4 Å². The first-order valence-corrected chi connectivity index (χ1v) is 10.7. The quantitative estimate of drug-likeness (QED) is 0.656. The van der Waals surface area contributed by atoms with Gasteiger partial charge in [0.15, 0.2) is 0 Å². The molecule has 31 heavy (non-hydrogen) atoms. The first-order valence-electron chi connectivity index (χ1n) is 10.7. The number of aromatic nitrogens is 1. The fraction of sp³-hybridized carbons (Fsp3) is 0.320. The zero-order valence-corrected chi connectivity index (χ0v) is 18.1. The van der Waals surface area contributed by atoms with Crippen LogP contribution in [0, 0.1) is 19.8 Å². The van der Waals surface area contributed by atoms with Gasteiger partial charge in [-0.15, -0.1) is 0 Å². The minimum Gasteiger partial charge on any atom is -0.326 e. The SMILES string of the molecule is CCCc1cc(=O)[nH]c2cc(NC(=O)C3CC(=O)N(c4ccc(C)c(C)c4)C3)ccc12. The van der Waals surface area contributed by atoms with Crippen molar-refractivity contribution in [2.24, 2.45) is 5.92 Å². The van der Waals surface area contributed by atoms with Crippen LogP contribution in [-0.2, 0) is 16.0 Å². The highest BCUT2D eigenvalue weighted by Crippen LogP contribution is 2.28. The van der Waals surface area contributed by atoms with E-state index in [0.717, 1.165) is 35.0 Å². The van der Waals surface area contributed by atoms with E-state index in [1.165, 1.54) is 5.56 Å². The molecule has 2 aromatic carbocycles. The van der Waals surface area contributed by atoms with E-state index in [2.05, 4.69) is 17.2 Å². The van der Waals surface area contributed by atoms with Gasteiger partial charge >= 0.3 is 0 Å². The molecule has 1 fully saturated rings. The van der Waals surface area contributed by atoms with Crippen molar-refractivity contribution in [3.05, 3.63) is 69.5 Å². The third kappa shape index (κ3) is 4.24. The number of pyridine rings is 1. The summed E-state index contributed by atoms with van der Waals surface area (Å²) in [4.78, 5) is 41.9. The van der Waals surface area contributed by atoms with Gasteiger partial charge in [-0.1, -0.05) is 25.5 Å². The van der Waals surface area contributed by atoms with Gasteiger partial charge < -0.3 is 15.2 Å². The lowest BCUT2D eigenvalue weighted by atomic mass is 10.0. The number of nitrogens with one attached hydrogen (secondary N) is 2. The number of amides is 2. The number of hydrogen-bond acceptors (Lipinski definition) is 3. The molecule has 6 heteroatoms. The molecule has 4 rings (SSSR count). The largest absolute Gasteiger partial charge is 0.326 e. The van der Waals surface area contributed by atoms with Crippen LogP contribution in [0.5, 0.6) is 0 Å². The Morgan fingerprint density at radius 3 is 2.65 bits per heavy atom. The Balaban J connectivity index is 1.51. The number of aromatic amines is 1. The molecule has 3 aromatic rings. The number of anilines is 2. The normalized spacial score (nSPS) is 16.2. The van der Waals surface area contributed by atoms with Crippen molar-refractivity contribution in [1.29, 1.82) is 0 Å². The van der Waals surface area contributed by atoms with Gasteiger partial charge in [0.1, 0.15) is 0 Å². The summed E-state index contributed by atoms with van der Waals surface area (Å²) in [6.07, 6.45) is 1.96. The molecule has 2 amide bonds. The van der Waals surface area contributed by atoms with Crippen LogP contribution in [-0.4, -0.2) is 23.3 Å². The molecule has 1 aliphatic rings. The van der Waals surface area contributed by atoms with Gasteiger partial charge in [0.25, 0.3) is 0 Å². The molecule has 0 bridgehead atoms. The number of carbonyl (C=O) groups is 2. The van der Waals surface area contributed by atoms with Crippen LogP contribution >= 0.6 is 0 Å². The van der Waals surface area contributed by atoms with Crippen LogP contribution in [0.4, 0.5) is 11.4 Å². The fourth-order valence-electron chi connectivity index (χ4n) is 4.16. The van der Waals surface area contributed by atoms with Crippen molar-refractivity contribution in [3.8, 4) is 0 Å². The number of rotatable bonds is 5.